The lowest BCUT2D eigenvalue weighted by atomic mass is 9.76. The number of unbranched alkanes of at least 4 members (excludes halogenated alkanes) is 2. The van der Waals surface area contributed by atoms with Gasteiger partial charge < -0.3 is 5.32 Å². The smallest absolute Gasteiger partial charge is 0.0322 e. The largest absolute Gasteiger partial charge is 0.388 e. The van der Waals surface area contributed by atoms with E-state index in [1.165, 1.54) is 116 Å². The third-order valence-electron chi connectivity index (χ3n) is 15.7. The van der Waals surface area contributed by atoms with Crippen molar-refractivity contribution in [1.29, 1.82) is 0 Å². The minimum atomic E-state index is 0.639. The maximum atomic E-state index is 3.71. The number of nitrogens with zero attached hydrogens (tertiary/aromatic N) is 1. The molecule has 5 fully saturated rings. The highest BCUT2D eigenvalue weighted by Gasteiger charge is 2.95. The van der Waals surface area contributed by atoms with Crippen molar-refractivity contribution in [3.8, 4) is 0 Å². The maximum absolute atomic E-state index is 3.71. The summed E-state index contributed by atoms with van der Waals surface area (Å²) in [5.74, 6) is 9.25. The average molecular weight is 597 g/mol. The highest BCUT2D eigenvalue weighted by Crippen LogP contribution is 2.90. The first-order chi connectivity index (χ1) is 21.8. The fourth-order valence-electron chi connectivity index (χ4n) is 13.7. The van der Waals surface area contributed by atoms with E-state index < -0.39 is 0 Å². The molecule has 0 aromatic carbocycles. The van der Waals surface area contributed by atoms with Gasteiger partial charge in [0.25, 0.3) is 0 Å². The molecule has 1 N–H and O–H groups in total. The monoisotopic (exact) mass is 597 g/mol. The molecule has 0 radical (unpaired) electrons. The fourth-order valence-corrected chi connectivity index (χ4v) is 13.7. The van der Waals surface area contributed by atoms with Gasteiger partial charge in [-0.3, -0.25) is 4.90 Å². The van der Waals surface area contributed by atoms with Crippen molar-refractivity contribution in [2.24, 2.45) is 53.3 Å². The van der Waals surface area contributed by atoms with Gasteiger partial charge in [0.2, 0.25) is 0 Å². The van der Waals surface area contributed by atoms with Crippen molar-refractivity contribution < 1.29 is 0 Å². The summed E-state index contributed by atoms with van der Waals surface area (Å²) in [6.07, 6.45) is 42.2. The van der Waals surface area contributed by atoms with E-state index >= 15 is 0 Å². The summed E-state index contributed by atoms with van der Waals surface area (Å²) in [5, 5.41) is 3.71. The molecule has 4 saturated carbocycles. The molecule has 1 saturated heterocycles. The van der Waals surface area contributed by atoms with Gasteiger partial charge in [-0.2, -0.15) is 0 Å². The second kappa shape index (κ2) is 11.9. The Bertz CT molecular complexity index is 1140. The van der Waals surface area contributed by atoms with E-state index in [9.17, 15) is 0 Å². The van der Waals surface area contributed by atoms with E-state index in [2.05, 4.69) is 41.6 Å². The molecule has 1 spiro atoms. The fraction of sp³-hybridized carbons (Fsp3) is 0.857. The van der Waals surface area contributed by atoms with Crippen LogP contribution in [-0.4, -0.2) is 28.6 Å². The molecule has 2 nitrogen and oxygen atoms in total. The van der Waals surface area contributed by atoms with Crippen molar-refractivity contribution in [2.45, 2.75) is 172 Å². The zero-order valence-electron chi connectivity index (χ0n) is 28.2. The third-order valence-corrected chi connectivity index (χ3v) is 15.7. The molecule has 13 atom stereocenters. The molecule has 2 aliphatic heterocycles. The number of nitrogens with one attached hydrogen (secondary N) is 1. The van der Waals surface area contributed by atoms with Crippen LogP contribution in [0.25, 0.3) is 0 Å². The molecular weight excluding hydrogens is 532 g/mol. The van der Waals surface area contributed by atoms with E-state index in [-0.39, 0.29) is 0 Å². The van der Waals surface area contributed by atoms with Crippen LogP contribution in [0.3, 0.4) is 0 Å². The summed E-state index contributed by atoms with van der Waals surface area (Å²) in [5.41, 5.74) is 4.59. The summed E-state index contributed by atoms with van der Waals surface area (Å²) < 4.78 is 0. The van der Waals surface area contributed by atoms with Gasteiger partial charge in [-0.05, 0) is 175 Å². The Morgan fingerprint density at radius 2 is 1.73 bits per heavy atom. The van der Waals surface area contributed by atoms with Crippen LogP contribution in [0, 0.1) is 53.3 Å². The normalized spacial score (nSPS) is 47.2. The van der Waals surface area contributed by atoms with Crippen LogP contribution in [0.15, 0.2) is 35.6 Å². The van der Waals surface area contributed by atoms with Gasteiger partial charge in [0.1, 0.15) is 0 Å². The first kappa shape index (κ1) is 29.1. The first-order valence-corrected chi connectivity index (χ1v) is 20.4. The van der Waals surface area contributed by atoms with Crippen molar-refractivity contribution in [1.82, 2.24) is 10.2 Å². The van der Waals surface area contributed by atoms with E-state index in [0.29, 0.717) is 5.54 Å². The Hall–Kier alpha value is -1.02. The molecule has 9 aliphatic rings. The van der Waals surface area contributed by atoms with Crippen LogP contribution in [-0.2, 0) is 0 Å². The molecule has 242 valence electrons. The Morgan fingerprint density at radius 3 is 2.59 bits per heavy atom. The Morgan fingerprint density at radius 1 is 0.864 bits per heavy atom. The molecule has 7 aliphatic carbocycles. The molecule has 0 amide bonds. The van der Waals surface area contributed by atoms with Gasteiger partial charge in [-0.25, -0.2) is 0 Å². The topological polar surface area (TPSA) is 15.3 Å². The summed E-state index contributed by atoms with van der Waals surface area (Å²) in [6, 6.07) is 2.46. The number of piperidine rings is 1. The van der Waals surface area contributed by atoms with E-state index in [0.717, 1.165) is 71.4 Å². The van der Waals surface area contributed by atoms with Crippen molar-refractivity contribution in [3.05, 3.63) is 35.6 Å². The Kier molecular flexibility index (Phi) is 7.88. The minimum absolute atomic E-state index is 0.639. The molecule has 0 aromatic heterocycles. The number of hydrogen-bond donors (Lipinski definition) is 1. The highest BCUT2D eigenvalue weighted by molar-refractivity contribution is 5.48. The standard InChI is InChI=1S/C42H64N2/c1-2-3-5-15-31-27-32(31)21-20-30(22-23-33-17-11-26-43-33)38-40-39-36-25-24-35(29-12-6-4-7-13-29)41(36)44(42(38,39)40)37-19-10-16-28-14-8-9-18-34(28)37/h6,11-12,26,29-33,35-41,43H,2-5,7-10,13-25,27H2,1H3/t29?,30?,31-,32?,33+,35?,36-,37?,38?,39?,40?,41?,42-/m1/s1. The van der Waals surface area contributed by atoms with Gasteiger partial charge >= 0.3 is 0 Å². The zero-order chi connectivity index (χ0) is 29.3. The number of allylic oxidation sites excluding steroid dienone is 3. The molecule has 0 bridgehead atoms. The Labute approximate surface area is 270 Å². The number of likely N-dealkylation sites (tertiary alicyclic amines) is 1. The lowest BCUT2D eigenvalue weighted by Gasteiger charge is -2.46. The second-order valence-electron chi connectivity index (χ2n) is 17.7. The van der Waals surface area contributed by atoms with Crippen LogP contribution < -0.4 is 5.32 Å². The molecule has 0 aromatic rings. The predicted molar refractivity (Wildman–Crippen MR) is 183 cm³/mol. The summed E-state index contributed by atoms with van der Waals surface area (Å²) in [6.45, 7) is 2.37. The SMILES string of the molecule is CCCCC[C@@H]1CC1CCC(CC[C@@H]1CC=CN1)C1C2C3[C@H]4CCC(C5C=CCCC5)C4N(C4CCCC5=C4CCCC5)[C@@]123. The molecular formula is C42H64N2. The number of fused-ring (bicyclic) bond motifs is 3. The summed E-state index contributed by atoms with van der Waals surface area (Å²) in [7, 11) is 0. The van der Waals surface area contributed by atoms with Gasteiger partial charge in [-0.15, -0.1) is 0 Å². The molecule has 2 heterocycles. The minimum Gasteiger partial charge on any atom is -0.388 e. The van der Waals surface area contributed by atoms with Gasteiger partial charge in [0.15, 0.2) is 0 Å². The van der Waals surface area contributed by atoms with Crippen molar-refractivity contribution in [3.63, 3.8) is 0 Å². The maximum Gasteiger partial charge on any atom is 0.0322 e. The third kappa shape index (κ3) is 4.79. The molecule has 9 rings (SSSR count). The second-order valence-corrected chi connectivity index (χ2v) is 17.7. The molecule has 44 heavy (non-hydrogen) atoms. The van der Waals surface area contributed by atoms with Crippen molar-refractivity contribution >= 4 is 0 Å². The van der Waals surface area contributed by atoms with E-state index in [1.54, 1.807) is 25.7 Å². The van der Waals surface area contributed by atoms with Gasteiger partial charge in [-0.1, -0.05) is 62.0 Å². The Balaban J connectivity index is 0.981. The first-order valence-electron chi connectivity index (χ1n) is 20.4. The quantitative estimate of drug-likeness (QED) is 0.168. The number of hydrogen-bond acceptors (Lipinski definition) is 2. The van der Waals surface area contributed by atoms with Crippen LogP contribution >= 0.6 is 0 Å². The number of rotatable bonds is 13. The van der Waals surface area contributed by atoms with Crippen LogP contribution in [0.1, 0.15) is 148 Å². The molecule has 2 heteroatoms. The van der Waals surface area contributed by atoms with Crippen LogP contribution in [0.2, 0.25) is 0 Å². The van der Waals surface area contributed by atoms with Crippen LogP contribution in [0.4, 0.5) is 0 Å². The molecule has 9 unspecified atom stereocenters. The highest BCUT2D eigenvalue weighted by atomic mass is 15.4. The predicted octanol–water partition coefficient (Wildman–Crippen LogP) is 10.4. The van der Waals surface area contributed by atoms with Gasteiger partial charge in [0, 0.05) is 23.7 Å². The van der Waals surface area contributed by atoms with E-state index in [1.807, 2.05) is 11.1 Å². The summed E-state index contributed by atoms with van der Waals surface area (Å²) >= 11 is 0. The average Bonchev–Trinajstić information content (AvgIpc) is 3.94. The lowest BCUT2D eigenvalue weighted by Crippen LogP contribution is -2.51. The zero-order valence-corrected chi connectivity index (χ0v) is 28.2. The van der Waals surface area contributed by atoms with E-state index in [4.69, 9.17) is 0 Å². The van der Waals surface area contributed by atoms with Crippen molar-refractivity contribution in [2.75, 3.05) is 0 Å². The van der Waals surface area contributed by atoms with Gasteiger partial charge in [0.05, 0.1) is 0 Å². The summed E-state index contributed by atoms with van der Waals surface area (Å²) in [4.78, 5) is 3.46. The van der Waals surface area contributed by atoms with Crippen LogP contribution in [0.5, 0.6) is 0 Å². The lowest BCUT2D eigenvalue weighted by molar-refractivity contribution is 0.0670.